The maximum Gasteiger partial charge on any atom is 0.269 e. The molecule has 0 aliphatic heterocycles. The van der Waals surface area contributed by atoms with Crippen LogP contribution in [0.5, 0.6) is 0 Å². The van der Waals surface area contributed by atoms with Gasteiger partial charge in [-0.1, -0.05) is 6.07 Å². The quantitative estimate of drug-likeness (QED) is 0.545. The van der Waals surface area contributed by atoms with Gasteiger partial charge in [0, 0.05) is 26.3 Å². The summed E-state index contributed by atoms with van der Waals surface area (Å²) in [4.78, 5) is 33.0. The fraction of sp³-hybridized carbons (Fsp3) is 0.435. The first-order chi connectivity index (χ1) is 15.0. The monoisotopic (exact) mass is 422 g/mol. The summed E-state index contributed by atoms with van der Waals surface area (Å²) in [6, 6.07) is 9.04. The van der Waals surface area contributed by atoms with Gasteiger partial charge >= 0.3 is 0 Å². The van der Waals surface area contributed by atoms with Crippen LogP contribution < -0.4 is 10.2 Å². The molecule has 8 heteroatoms. The number of aryl methyl sites for hydroxylation is 2. The maximum atomic E-state index is 13.0. The van der Waals surface area contributed by atoms with Gasteiger partial charge in [-0.05, 0) is 67.1 Å². The van der Waals surface area contributed by atoms with E-state index in [1.807, 2.05) is 26.0 Å². The van der Waals surface area contributed by atoms with Crippen LogP contribution in [-0.2, 0) is 9.53 Å². The number of nitrogens with one attached hydrogen (secondary N) is 1. The number of nitrogens with zero attached hydrogens (tertiary/aromatic N) is 4. The van der Waals surface area contributed by atoms with Gasteiger partial charge in [0.25, 0.3) is 5.91 Å². The highest BCUT2D eigenvalue weighted by Gasteiger charge is 2.44. The van der Waals surface area contributed by atoms with Gasteiger partial charge in [-0.15, -0.1) is 0 Å². The standard InChI is InChI=1S/C23H27N5O3/c1-14-11-17(27-28-24-3)12-15(2)20(14)21-19(29)13-16(22(21)31-4)8-10-26-23(30)18-7-5-6-9-25-18/h5-7,9,11-12,16,21-22H,8,10,13H2,1-4H3/p+1. The molecule has 3 rings (SSSR count). The van der Waals surface area contributed by atoms with Gasteiger partial charge in [0.15, 0.2) is 10.8 Å². The van der Waals surface area contributed by atoms with Gasteiger partial charge in [0.05, 0.1) is 12.0 Å². The number of aromatic nitrogens is 1. The van der Waals surface area contributed by atoms with Crippen molar-refractivity contribution in [2.45, 2.75) is 38.7 Å². The van der Waals surface area contributed by atoms with Crippen molar-refractivity contribution in [3.63, 3.8) is 0 Å². The van der Waals surface area contributed by atoms with Crippen LogP contribution in [-0.4, -0.2) is 43.5 Å². The SMILES string of the molecule is CN=[N+]=Nc1cc(C)c(C2C(=O)CC(CCNC(=O)c3ccccn3)C2OC)c(C)c1. The first-order valence-electron chi connectivity index (χ1n) is 10.3. The largest absolute Gasteiger partial charge is 0.380 e. The topological polar surface area (TPSA) is 107 Å². The van der Waals surface area contributed by atoms with Crippen LogP contribution in [0.2, 0.25) is 0 Å². The molecule has 31 heavy (non-hydrogen) atoms. The van der Waals surface area contributed by atoms with E-state index in [4.69, 9.17) is 4.74 Å². The summed E-state index contributed by atoms with van der Waals surface area (Å²) in [5, 5.41) is 10.6. The summed E-state index contributed by atoms with van der Waals surface area (Å²) in [6.45, 7) is 4.41. The summed E-state index contributed by atoms with van der Waals surface area (Å²) in [7, 11) is 3.21. The van der Waals surface area contributed by atoms with Crippen molar-refractivity contribution in [3.8, 4) is 0 Å². The number of amides is 1. The Bertz CT molecular complexity index is 992. The number of rotatable bonds is 7. The Morgan fingerprint density at radius 1 is 1.29 bits per heavy atom. The summed E-state index contributed by atoms with van der Waals surface area (Å²) >= 11 is 0. The molecular formula is C23H28N5O3+. The number of hydrogen-bond acceptors (Lipinski definition) is 6. The molecule has 2 aromatic rings. The summed E-state index contributed by atoms with van der Waals surface area (Å²) in [5.74, 6) is -0.352. The molecule has 0 bridgehead atoms. The van der Waals surface area contributed by atoms with E-state index in [-0.39, 0.29) is 29.6 Å². The molecule has 0 saturated heterocycles. The smallest absolute Gasteiger partial charge is 0.269 e. The summed E-state index contributed by atoms with van der Waals surface area (Å²) < 4.78 is 5.81. The second-order valence-electron chi connectivity index (χ2n) is 7.75. The molecule has 162 valence electrons. The highest BCUT2D eigenvalue weighted by molar-refractivity contribution is 5.92. The fourth-order valence-electron chi connectivity index (χ4n) is 4.43. The minimum atomic E-state index is -0.330. The average molecular weight is 423 g/mol. The van der Waals surface area contributed by atoms with Crippen molar-refractivity contribution in [3.05, 3.63) is 58.9 Å². The zero-order valence-corrected chi connectivity index (χ0v) is 18.3. The van der Waals surface area contributed by atoms with Gasteiger partial charge in [-0.25, -0.2) is 0 Å². The lowest BCUT2D eigenvalue weighted by molar-refractivity contribution is -0.119. The lowest BCUT2D eigenvalue weighted by Gasteiger charge is -2.25. The number of benzene rings is 1. The zero-order valence-electron chi connectivity index (χ0n) is 18.3. The summed E-state index contributed by atoms with van der Waals surface area (Å²) in [6.07, 6.45) is 2.43. The molecule has 1 heterocycles. The third-order valence-electron chi connectivity index (χ3n) is 5.71. The van der Waals surface area contributed by atoms with E-state index in [1.54, 1.807) is 38.6 Å². The highest BCUT2D eigenvalue weighted by atomic mass is 16.5. The van der Waals surface area contributed by atoms with E-state index in [1.165, 1.54) is 0 Å². The predicted molar refractivity (Wildman–Crippen MR) is 116 cm³/mol. The van der Waals surface area contributed by atoms with Crippen LogP contribution >= 0.6 is 0 Å². The van der Waals surface area contributed by atoms with Crippen LogP contribution in [0.3, 0.4) is 0 Å². The van der Waals surface area contributed by atoms with Crippen molar-refractivity contribution in [2.75, 3.05) is 20.7 Å². The predicted octanol–water partition coefficient (Wildman–Crippen LogP) is 3.44. The van der Waals surface area contributed by atoms with E-state index in [9.17, 15) is 9.59 Å². The molecule has 1 aromatic carbocycles. The van der Waals surface area contributed by atoms with E-state index in [0.717, 1.165) is 16.7 Å². The number of methoxy groups -OCH3 is 1. The van der Waals surface area contributed by atoms with Crippen LogP contribution in [0.1, 0.15) is 45.9 Å². The molecule has 8 nitrogen and oxygen atoms in total. The van der Waals surface area contributed by atoms with Crippen molar-refractivity contribution < 1.29 is 14.3 Å². The normalized spacial score (nSPS) is 20.3. The number of carbonyl (C=O) groups excluding carboxylic acids is 2. The molecule has 0 radical (unpaired) electrons. The Hall–Kier alpha value is -3.22. The van der Waals surface area contributed by atoms with Crippen molar-refractivity contribution in [1.29, 1.82) is 0 Å². The van der Waals surface area contributed by atoms with E-state index < -0.39 is 0 Å². The lowest BCUT2D eigenvalue weighted by atomic mass is 9.85. The number of hydrogen-bond donors (Lipinski definition) is 1. The Balaban J connectivity index is 1.73. The first kappa shape index (κ1) is 22.5. The molecule has 1 N–H and O–H groups in total. The fourth-order valence-corrected chi connectivity index (χ4v) is 4.43. The van der Waals surface area contributed by atoms with Crippen molar-refractivity contribution in [1.82, 2.24) is 15.2 Å². The average Bonchev–Trinajstić information content (AvgIpc) is 3.07. The van der Waals surface area contributed by atoms with Crippen LogP contribution in [0.15, 0.2) is 46.8 Å². The molecular weight excluding hydrogens is 394 g/mol. The second kappa shape index (κ2) is 10.2. The number of ether oxygens (including phenoxy) is 1. The number of pyridine rings is 1. The second-order valence-corrected chi connectivity index (χ2v) is 7.75. The number of ketones is 1. The van der Waals surface area contributed by atoms with Gasteiger partial charge < -0.3 is 10.1 Å². The number of Topliss-reactive ketones (excluding diaryl/α,β-unsaturated/α-hetero) is 1. The van der Waals surface area contributed by atoms with Crippen molar-refractivity contribution >= 4 is 17.4 Å². The zero-order chi connectivity index (χ0) is 22.4. The third kappa shape index (κ3) is 5.10. The first-order valence-corrected chi connectivity index (χ1v) is 10.3. The highest BCUT2D eigenvalue weighted by Crippen LogP contribution is 2.42. The van der Waals surface area contributed by atoms with Crippen molar-refractivity contribution in [2.24, 2.45) is 16.1 Å². The molecule has 1 amide bonds. The molecule has 1 aliphatic carbocycles. The Labute approximate surface area is 181 Å². The van der Waals surface area contributed by atoms with E-state index in [2.05, 4.69) is 25.4 Å². The van der Waals surface area contributed by atoms with Crippen LogP contribution in [0.25, 0.3) is 0 Å². The van der Waals surface area contributed by atoms with Gasteiger partial charge in [0.1, 0.15) is 23.6 Å². The Morgan fingerprint density at radius 3 is 2.65 bits per heavy atom. The molecule has 3 unspecified atom stereocenters. The van der Waals surface area contributed by atoms with E-state index >= 15 is 0 Å². The molecule has 1 fully saturated rings. The molecule has 0 spiro atoms. The summed E-state index contributed by atoms with van der Waals surface area (Å²) in [5.41, 5.74) is 4.04. The van der Waals surface area contributed by atoms with Crippen LogP contribution in [0, 0.1) is 19.8 Å². The molecule has 1 aliphatic rings. The number of carbonyl (C=O) groups is 2. The van der Waals surface area contributed by atoms with Gasteiger partial charge in [-0.3, -0.25) is 14.6 Å². The minimum Gasteiger partial charge on any atom is -0.380 e. The third-order valence-corrected chi connectivity index (χ3v) is 5.71. The lowest BCUT2D eigenvalue weighted by Crippen LogP contribution is -2.30. The van der Waals surface area contributed by atoms with Crippen LogP contribution in [0.4, 0.5) is 5.69 Å². The Kier molecular flexibility index (Phi) is 7.39. The molecule has 3 atom stereocenters. The van der Waals surface area contributed by atoms with E-state index in [0.29, 0.717) is 30.8 Å². The van der Waals surface area contributed by atoms with Gasteiger partial charge in [0.2, 0.25) is 4.91 Å². The minimum absolute atomic E-state index is 0.0311. The molecule has 1 aromatic heterocycles. The Morgan fingerprint density at radius 2 is 2.03 bits per heavy atom. The molecule has 1 saturated carbocycles. The maximum absolute atomic E-state index is 13.0. The van der Waals surface area contributed by atoms with Gasteiger partial charge in [-0.2, -0.15) is 0 Å².